The molecule has 0 aliphatic rings. The number of hydrogen-bond donors (Lipinski definition) is 0. The van der Waals surface area contributed by atoms with Crippen molar-refractivity contribution in [3.8, 4) is 5.69 Å². The van der Waals surface area contributed by atoms with Gasteiger partial charge in [0.25, 0.3) is 0 Å². The van der Waals surface area contributed by atoms with Gasteiger partial charge >= 0.3 is 0 Å². The summed E-state index contributed by atoms with van der Waals surface area (Å²) in [6, 6.07) is 10.1. The Balaban J connectivity index is 2.34. The monoisotopic (exact) mass is 330 g/mol. The van der Waals surface area contributed by atoms with E-state index in [0.717, 1.165) is 44.5 Å². The molecule has 1 aromatic carbocycles. The molecule has 0 fully saturated rings. The van der Waals surface area contributed by atoms with E-state index in [4.69, 9.17) is 22.2 Å². The van der Waals surface area contributed by atoms with Gasteiger partial charge in [-0.1, -0.05) is 36.5 Å². The number of aryl methyl sites for hydroxylation is 1. The van der Waals surface area contributed by atoms with Crippen molar-refractivity contribution in [3.05, 3.63) is 40.1 Å². The summed E-state index contributed by atoms with van der Waals surface area (Å²) in [4.78, 5) is 11.5. The van der Waals surface area contributed by atoms with E-state index in [-0.39, 0.29) is 0 Å². The Hall–Kier alpha value is -1.79. The van der Waals surface area contributed by atoms with Crippen LogP contribution in [0.3, 0.4) is 0 Å². The van der Waals surface area contributed by atoms with E-state index in [9.17, 15) is 0 Å². The number of fused-ring (bicyclic) bond motifs is 1. The molecule has 6 heteroatoms. The van der Waals surface area contributed by atoms with Crippen LogP contribution in [-0.2, 0) is 6.42 Å². The maximum Gasteiger partial charge on any atom is 0.168 e. The molecule has 0 aliphatic heterocycles. The summed E-state index contributed by atoms with van der Waals surface area (Å²) in [5.74, 6) is 1.82. The second-order valence-electron chi connectivity index (χ2n) is 5.30. The Kier molecular flexibility index (Phi) is 4.22. The van der Waals surface area contributed by atoms with E-state index in [1.54, 1.807) is 11.3 Å². The summed E-state index contributed by atoms with van der Waals surface area (Å²) >= 11 is 7.15. The quantitative estimate of drug-likeness (QED) is 0.670. The van der Waals surface area contributed by atoms with E-state index in [1.165, 1.54) is 0 Å². The number of para-hydroxylation sites is 1. The summed E-state index contributed by atoms with van der Waals surface area (Å²) in [7, 11) is 4.01. The molecule has 0 N–H and O–H groups in total. The molecule has 2 heterocycles. The van der Waals surface area contributed by atoms with E-state index < -0.39 is 0 Å². The molecule has 0 atom stereocenters. The summed E-state index contributed by atoms with van der Waals surface area (Å²) in [6.45, 7) is 2.14. The van der Waals surface area contributed by atoms with E-state index in [1.807, 2.05) is 41.8 Å². The minimum Gasteiger partial charge on any atom is -0.361 e. The third-order valence-electron chi connectivity index (χ3n) is 3.37. The van der Waals surface area contributed by atoms with Crippen LogP contribution in [0.5, 0.6) is 0 Å². The van der Waals surface area contributed by atoms with Crippen LogP contribution in [0.2, 0.25) is 0 Å². The number of nitrogens with zero attached hydrogens (tertiary/aromatic N) is 4. The number of aromatic nitrogens is 3. The van der Waals surface area contributed by atoms with Crippen LogP contribution in [0.15, 0.2) is 30.3 Å². The fourth-order valence-corrected chi connectivity index (χ4v) is 3.82. The van der Waals surface area contributed by atoms with Gasteiger partial charge in [0, 0.05) is 26.2 Å². The smallest absolute Gasteiger partial charge is 0.168 e. The van der Waals surface area contributed by atoms with Gasteiger partial charge in [-0.05, 0) is 30.8 Å². The lowest BCUT2D eigenvalue weighted by atomic mass is 10.3. The van der Waals surface area contributed by atoms with Crippen molar-refractivity contribution in [3.63, 3.8) is 0 Å². The van der Waals surface area contributed by atoms with Crippen LogP contribution in [0, 0.1) is 3.95 Å². The van der Waals surface area contributed by atoms with Gasteiger partial charge in [0.05, 0.1) is 0 Å². The predicted molar refractivity (Wildman–Crippen MR) is 95.9 cm³/mol. The third kappa shape index (κ3) is 2.64. The molecule has 2 aromatic heterocycles. The molecule has 0 unspecified atom stereocenters. The highest BCUT2D eigenvalue weighted by molar-refractivity contribution is 7.73. The van der Waals surface area contributed by atoms with Gasteiger partial charge in [0.15, 0.2) is 15.4 Å². The van der Waals surface area contributed by atoms with Gasteiger partial charge in [-0.25, -0.2) is 9.97 Å². The molecule has 3 aromatic rings. The number of rotatable bonds is 4. The van der Waals surface area contributed by atoms with Gasteiger partial charge in [-0.15, -0.1) is 0 Å². The van der Waals surface area contributed by atoms with Gasteiger partial charge in [0.2, 0.25) is 0 Å². The average molecular weight is 330 g/mol. The molecular formula is C16H18N4S2. The lowest BCUT2D eigenvalue weighted by Gasteiger charge is -2.13. The molecule has 3 rings (SSSR count). The highest BCUT2D eigenvalue weighted by atomic mass is 32.1. The maximum absolute atomic E-state index is 5.58. The van der Waals surface area contributed by atoms with Crippen LogP contribution in [0.4, 0.5) is 5.82 Å². The van der Waals surface area contributed by atoms with Crippen molar-refractivity contribution in [2.24, 2.45) is 0 Å². The van der Waals surface area contributed by atoms with Crippen molar-refractivity contribution in [2.75, 3.05) is 19.0 Å². The first kappa shape index (κ1) is 15.1. The zero-order valence-corrected chi connectivity index (χ0v) is 14.5. The minimum absolute atomic E-state index is 0.798. The largest absolute Gasteiger partial charge is 0.361 e. The van der Waals surface area contributed by atoms with Crippen LogP contribution in [0.1, 0.15) is 19.2 Å². The van der Waals surface area contributed by atoms with Gasteiger partial charge in [-0.2, -0.15) is 0 Å². The Labute approximate surface area is 139 Å². The Morgan fingerprint density at radius 2 is 1.91 bits per heavy atom. The molecule has 0 bridgehead atoms. The SMILES string of the molecule is CCCc1nc(N(C)C)c2sc(=S)n(-c3ccccc3)c2n1. The van der Waals surface area contributed by atoms with Crippen molar-refractivity contribution in [1.82, 2.24) is 14.5 Å². The predicted octanol–water partition coefficient (Wildman–Crippen LogP) is 4.23. The topological polar surface area (TPSA) is 34.0 Å². The van der Waals surface area contributed by atoms with Gasteiger partial charge in [0.1, 0.15) is 10.5 Å². The first-order chi connectivity index (χ1) is 10.6. The van der Waals surface area contributed by atoms with Crippen LogP contribution in [0.25, 0.3) is 16.0 Å². The Bertz CT molecular complexity index is 850. The zero-order valence-electron chi connectivity index (χ0n) is 12.9. The van der Waals surface area contributed by atoms with Crippen molar-refractivity contribution < 1.29 is 0 Å². The molecule has 0 aliphatic carbocycles. The van der Waals surface area contributed by atoms with Crippen molar-refractivity contribution >= 4 is 39.7 Å². The number of hydrogen-bond acceptors (Lipinski definition) is 5. The van der Waals surface area contributed by atoms with E-state index >= 15 is 0 Å². The first-order valence-electron chi connectivity index (χ1n) is 7.27. The van der Waals surface area contributed by atoms with Crippen LogP contribution < -0.4 is 4.90 Å². The second kappa shape index (κ2) is 6.14. The lowest BCUT2D eigenvalue weighted by Crippen LogP contribution is -2.13. The van der Waals surface area contributed by atoms with E-state index in [0.29, 0.717) is 0 Å². The summed E-state index contributed by atoms with van der Waals surface area (Å²) < 4.78 is 3.88. The fourth-order valence-electron chi connectivity index (χ4n) is 2.38. The zero-order chi connectivity index (χ0) is 15.7. The molecule has 0 amide bonds. The normalized spacial score (nSPS) is 11.0. The molecule has 22 heavy (non-hydrogen) atoms. The van der Waals surface area contributed by atoms with Gasteiger partial charge < -0.3 is 4.90 Å². The fraction of sp³-hybridized carbons (Fsp3) is 0.312. The van der Waals surface area contributed by atoms with E-state index in [2.05, 4.69) is 19.1 Å². The second-order valence-corrected chi connectivity index (χ2v) is 6.94. The molecule has 114 valence electrons. The highest BCUT2D eigenvalue weighted by Crippen LogP contribution is 2.31. The molecular weight excluding hydrogens is 312 g/mol. The molecule has 0 radical (unpaired) electrons. The molecule has 0 saturated carbocycles. The maximum atomic E-state index is 5.58. The molecule has 0 saturated heterocycles. The summed E-state index contributed by atoms with van der Waals surface area (Å²) in [5, 5.41) is 0. The number of thiazole rings is 1. The lowest BCUT2D eigenvalue weighted by molar-refractivity contribution is 0.833. The highest BCUT2D eigenvalue weighted by Gasteiger charge is 2.16. The summed E-state index contributed by atoms with van der Waals surface area (Å²) in [6.07, 6.45) is 1.89. The first-order valence-corrected chi connectivity index (χ1v) is 8.49. The minimum atomic E-state index is 0.798. The number of anilines is 1. The molecule has 0 spiro atoms. The molecule has 4 nitrogen and oxygen atoms in total. The average Bonchev–Trinajstić information content (AvgIpc) is 2.83. The standard InChI is InChI=1S/C16H18N4S2/c1-4-8-12-17-14(19(2)3)13-15(18-12)20(16(21)22-13)11-9-6-5-7-10-11/h5-7,9-10H,4,8H2,1-3H3. The number of benzene rings is 1. The third-order valence-corrected chi connectivity index (χ3v) is 4.73. The van der Waals surface area contributed by atoms with Crippen LogP contribution >= 0.6 is 23.6 Å². The Morgan fingerprint density at radius 1 is 1.18 bits per heavy atom. The Morgan fingerprint density at radius 3 is 2.55 bits per heavy atom. The van der Waals surface area contributed by atoms with Crippen molar-refractivity contribution in [1.29, 1.82) is 0 Å². The van der Waals surface area contributed by atoms with Crippen molar-refractivity contribution in [2.45, 2.75) is 19.8 Å². The van der Waals surface area contributed by atoms with Crippen LogP contribution in [-0.4, -0.2) is 28.6 Å². The van der Waals surface area contributed by atoms with Gasteiger partial charge in [-0.3, -0.25) is 4.57 Å². The summed E-state index contributed by atoms with van der Waals surface area (Å²) in [5.41, 5.74) is 1.95.